The normalized spacial score (nSPS) is 6.86. The number of nitriles is 1. The van der Waals surface area contributed by atoms with Crippen LogP contribution in [0.3, 0.4) is 0 Å². The number of nitrogens with one attached hydrogen (secondary N) is 1. The van der Waals surface area contributed by atoms with Gasteiger partial charge in [-0.2, -0.15) is 5.26 Å². The number of ether oxygens (including phenoxy) is 2. The monoisotopic (exact) mass is 198 g/mol. The van der Waals surface area contributed by atoms with Gasteiger partial charge in [0.1, 0.15) is 13.2 Å². The lowest BCUT2D eigenvalue weighted by molar-refractivity contribution is -0.139. The van der Waals surface area contributed by atoms with Crippen LogP contribution in [0, 0.1) is 16.9 Å². The summed E-state index contributed by atoms with van der Waals surface area (Å²) in [6.45, 7) is 5.10. The summed E-state index contributed by atoms with van der Waals surface area (Å²) in [5.74, 6) is -0.466. The second-order valence-electron chi connectivity index (χ2n) is 1.96. The molecule has 0 spiro atoms. The van der Waals surface area contributed by atoms with Crippen LogP contribution in [0.2, 0.25) is 0 Å². The van der Waals surface area contributed by atoms with Gasteiger partial charge in [0.15, 0.2) is 0 Å². The van der Waals surface area contributed by atoms with Crippen molar-refractivity contribution in [2.45, 2.75) is 6.92 Å². The molecule has 0 aromatic rings. The number of rotatable bonds is 4. The molecule has 0 bridgehead atoms. The molecule has 0 amide bonds. The van der Waals surface area contributed by atoms with Crippen LogP contribution in [0.25, 0.3) is 0 Å². The summed E-state index contributed by atoms with van der Waals surface area (Å²) < 4.78 is 8.85. The second kappa shape index (κ2) is 10.9. The van der Waals surface area contributed by atoms with E-state index in [2.05, 4.69) is 16.1 Å². The molecule has 0 rings (SSSR count). The third kappa shape index (κ3) is 12.5. The van der Waals surface area contributed by atoms with E-state index in [0.717, 1.165) is 6.08 Å². The van der Waals surface area contributed by atoms with Gasteiger partial charge in [-0.1, -0.05) is 6.58 Å². The maximum atomic E-state index is 10.6. The van der Waals surface area contributed by atoms with Crippen molar-refractivity contribution in [3.05, 3.63) is 12.2 Å². The van der Waals surface area contributed by atoms with E-state index in [1.807, 2.05) is 0 Å². The van der Waals surface area contributed by atoms with Gasteiger partial charge in [0.2, 0.25) is 6.08 Å². The molecular weight excluding hydrogens is 188 g/mol. The molecule has 0 fully saturated rings. The predicted molar refractivity (Wildman–Crippen MR) is 45.8 cm³/mol. The van der Waals surface area contributed by atoms with Crippen LogP contribution in [-0.2, 0) is 19.1 Å². The molecule has 1 N–H and O–H groups in total. The van der Waals surface area contributed by atoms with E-state index >= 15 is 0 Å². The van der Waals surface area contributed by atoms with E-state index in [4.69, 9.17) is 15.5 Å². The first-order chi connectivity index (χ1) is 6.59. The molecule has 14 heavy (non-hydrogen) atoms. The average Bonchev–Trinajstić information content (AvgIpc) is 2.13. The largest absolute Gasteiger partial charge is 0.459 e. The van der Waals surface area contributed by atoms with Gasteiger partial charge in [-0.15, -0.1) is 0 Å². The SMILES string of the molecule is C=C(C)C(=O)OCCOC#N.N=C=O. The zero-order valence-corrected chi connectivity index (χ0v) is 7.70. The molecule has 0 saturated carbocycles. The van der Waals surface area contributed by atoms with Gasteiger partial charge in [-0.25, -0.2) is 15.0 Å². The van der Waals surface area contributed by atoms with Gasteiger partial charge < -0.3 is 9.47 Å². The van der Waals surface area contributed by atoms with Crippen LogP contribution in [0.5, 0.6) is 0 Å². The standard InChI is InChI=1S/C7H9NO3.CHNO/c1-6(2)7(9)11-4-3-10-5-8;2-1-3/h1,3-4H2,2H3;2H. The topological polar surface area (TPSA) is 100 Å². The molecule has 6 nitrogen and oxygen atoms in total. The molecule has 76 valence electrons. The Bertz CT molecular complexity index is 261. The van der Waals surface area contributed by atoms with Crippen LogP contribution in [0.4, 0.5) is 0 Å². The van der Waals surface area contributed by atoms with Crippen molar-refractivity contribution in [3.8, 4) is 6.26 Å². The first-order valence-electron chi connectivity index (χ1n) is 3.47. The molecule has 0 aromatic heterocycles. The van der Waals surface area contributed by atoms with Gasteiger partial charge in [0.05, 0.1) is 0 Å². The highest BCUT2D eigenvalue weighted by atomic mass is 16.6. The maximum Gasteiger partial charge on any atom is 0.333 e. The summed E-state index contributed by atoms with van der Waals surface area (Å²) in [6, 6.07) is 0. The molecule has 0 aromatic carbocycles. The summed E-state index contributed by atoms with van der Waals surface area (Å²) in [5, 5.41) is 13.3. The Morgan fingerprint density at radius 3 is 2.43 bits per heavy atom. The van der Waals surface area contributed by atoms with Crippen molar-refractivity contribution >= 4 is 12.0 Å². The number of esters is 1. The molecule has 0 atom stereocenters. The van der Waals surface area contributed by atoms with E-state index in [9.17, 15) is 4.79 Å². The fraction of sp³-hybridized carbons (Fsp3) is 0.375. The predicted octanol–water partition coefficient (Wildman–Crippen LogP) is 0.504. The van der Waals surface area contributed by atoms with Crippen molar-refractivity contribution in [3.63, 3.8) is 0 Å². The number of nitrogens with zero attached hydrogens (tertiary/aromatic N) is 1. The van der Waals surface area contributed by atoms with Gasteiger partial charge in [-0.05, 0) is 6.92 Å². The summed E-state index contributed by atoms with van der Waals surface area (Å²) in [6.07, 6.45) is 2.21. The Morgan fingerprint density at radius 2 is 2.07 bits per heavy atom. The molecule has 0 saturated heterocycles. The fourth-order valence-electron chi connectivity index (χ4n) is 0.345. The fourth-order valence-corrected chi connectivity index (χ4v) is 0.345. The van der Waals surface area contributed by atoms with E-state index in [0.29, 0.717) is 5.57 Å². The second-order valence-corrected chi connectivity index (χ2v) is 1.96. The van der Waals surface area contributed by atoms with E-state index in [1.165, 1.54) is 6.26 Å². The highest BCUT2D eigenvalue weighted by Crippen LogP contribution is 1.90. The first kappa shape index (κ1) is 14.4. The lowest BCUT2D eigenvalue weighted by Gasteiger charge is -2.00. The summed E-state index contributed by atoms with van der Waals surface area (Å²) in [5.41, 5.74) is 0.335. The minimum atomic E-state index is -0.466. The van der Waals surface area contributed by atoms with Crippen LogP contribution in [-0.4, -0.2) is 25.3 Å². The number of carbonyl (C=O) groups excluding carboxylic acids is 2. The smallest absolute Gasteiger partial charge is 0.333 e. The molecule has 0 radical (unpaired) electrons. The van der Waals surface area contributed by atoms with Crippen molar-refractivity contribution < 1.29 is 19.1 Å². The highest BCUT2D eigenvalue weighted by molar-refractivity contribution is 5.86. The molecule has 0 heterocycles. The van der Waals surface area contributed by atoms with Gasteiger partial charge in [-0.3, -0.25) is 0 Å². The van der Waals surface area contributed by atoms with E-state index in [-0.39, 0.29) is 13.2 Å². The lowest BCUT2D eigenvalue weighted by atomic mass is 10.4. The third-order valence-corrected chi connectivity index (χ3v) is 0.832. The number of isocyanates is 1. The van der Waals surface area contributed by atoms with E-state index < -0.39 is 5.97 Å². The van der Waals surface area contributed by atoms with Crippen LogP contribution >= 0.6 is 0 Å². The Morgan fingerprint density at radius 1 is 1.57 bits per heavy atom. The van der Waals surface area contributed by atoms with Crippen molar-refractivity contribution in [1.29, 1.82) is 10.7 Å². The molecule has 0 aliphatic carbocycles. The maximum absolute atomic E-state index is 10.6. The number of carbonyl (C=O) groups is 1. The molecular formula is C8H10N2O4. The third-order valence-electron chi connectivity index (χ3n) is 0.832. The number of hydrogen-bond acceptors (Lipinski definition) is 6. The molecule has 6 heteroatoms. The van der Waals surface area contributed by atoms with Crippen LogP contribution in [0.1, 0.15) is 6.92 Å². The van der Waals surface area contributed by atoms with Gasteiger partial charge in [0.25, 0.3) is 6.26 Å². The van der Waals surface area contributed by atoms with E-state index in [1.54, 1.807) is 6.92 Å². The Hall–Kier alpha value is -2.12. The summed E-state index contributed by atoms with van der Waals surface area (Å²) >= 11 is 0. The number of hydrogen-bond donors (Lipinski definition) is 1. The van der Waals surface area contributed by atoms with Crippen molar-refractivity contribution in [2.75, 3.05) is 13.2 Å². The highest BCUT2D eigenvalue weighted by Gasteiger charge is 2.01. The van der Waals surface area contributed by atoms with Crippen LogP contribution < -0.4 is 0 Å². The van der Waals surface area contributed by atoms with Gasteiger partial charge in [0, 0.05) is 5.57 Å². The Balaban J connectivity index is 0. The Kier molecular flexibility index (Phi) is 11.2. The van der Waals surface area contributed by atoms with Crippen molar-refractivity contribution in [2.24, 2.45) is 0 Å². The van der Waals surface area contributed by atoms with Gasteiger partial charge >= 0.3 is 5.97 Å². The Labute approximate surface area is 81.2 Å². The quantitative estimate of drug-likeness (QED) is 0.177. The summed E-state index contributed by atoms with van der Waals surface area (Å²) in [7, 11) is 0. The first-order valence-corrected chi connectivity index (χ1v) is 3.47. The minimum absolute atomic E-state index is 0.0826. The molecule has 0 unspecified atom stereocenters. The molecule has 0 aliphatic heterocycles. The summed E-state index contributed by atoms with van der Waals surface area (Å²) in [4.78, 5) is 19.0. The minimum Gasteiger partial charge on any atom is -0.459 e. The van der Waals surface area contributed by atoms with Crippen LogP contribution in [0.15, 0.2) is 12.2 Å². The van der Waals surface area contributed by atoms with Crippen molar-refractivity contribution in [1.82, 2.24) is 0 Å². The zero-order chi connectivity index (χ0) is 11.4. The zero-order valence-electron chi connectivity index (χ0n) is 7.70. The lowest BCUT2D eigenvalue weighted by Crippen LogP contribution is -2.09. The average molecular weight is 198 g/mol. The molecule has 0 aliphatic rings.